The van der Waals surface area contributed by atoms with Crippen molar-refractivity contribution in [3.05, 3.63) is 48.6 Å². The Morgan fingerprint density at radius 1 is 0.324 bits per heavy atom. The van der Waals surface area contributed by atoms with Crippen LogP contribution < -0.4 is 0 Å². The summed E-state index contributed by atoms with van der Waals surface area (Å²) in [4.78, 5) is 24.6. The molecule has 0 rings (SSSR count). The van der Waals surface area contributed by atoms with Crippen LogP contribution >= 0.6 is 0 Å². The zero-order valence-electron chi connectivity index (χ0n) is 49.9. The number of aliphatic hydroxyl groups is 1. The molecule has 5 heteroatoms. The number of carbonyl (C=O) groups excluding carboxylic acids is 2. The molecule has 0 aromatic heterocycles. The van der Waals surface area contributed by atoms with Gasteiger partial charge in [-0.05, 0) is 51.4 Å². The van der Waals surface area contributed by atoms with Crippen LogP contribution in [0, 0.1) is 0 Å². The number of hydrogen-bond donors (Lipinski definition) is 1. The molecular formula is C69H128O5. The molecule has 1 unspecified atom stereocenters. The summed E-state index contributed by atoms with van der Waals surface area (Å²) < 4.78 is 10.8. The molecule has 5 nitrogen and oxygen atoms in total. The second-order valence-corrected chi connectivity index (χ2v) is 22.5. The summed E-state index contributed by atoms with van der Waals surface area (Å²) in [7, 11) is 0. The molecule has 0 aliphatic rings. The minimum atomic E-state index is -0.769. The van der Waals surface area contributed by atoms with E-state index < -0.39 is 6.10 Å². The molecule has 0 radical (unpaired) electrons. The van der Waals surface area contributed by atoms with E-state index in [9.17, 15) is 14.7 Å². The van der Waals surface area contributed by atoms with E-state index in [4.69, 9.17) is 9.47 Å². The van der Waals surface area contributed by atoms with Crippen molar-refractivity contribution in [3.8, 4) is 0 Å². The Morgan fingerprint density at radius 3 is 0.878 bits per heavy atom. The molecule has 0 aromatic rings. The van der Waals surface area contributed by atoms with Crippen molar-refractivity contribution in [1.82, 2.24) is 0 Å². The van der Waals surface area contributed by atoms with Crippen LogP contribution in [0.25, 0.3) is 0 Å². The van der Waals surface area contributed by atoms with Crippen LogP contribution in [0.1, 0.15) is 361 Å². The first-order valence-corrected chi connectivity index (χ1v) is 33.2. The second kappa shape index (κ2) is 65.1. The van der Waals surface area contributed by atoms with Gasteiger partial charge in [0.2, 0.25) is 0 Å². The first kappa shape index (κ1) is 71.9. The molecule has 0 heterocycles. The Morgan fingerprint density at radius 2 is 0.581 bits per heavy atom. The molecule has 74 heavy (non-hydrogen) atoms. The van der Waals surface area contributed by atoms with Gasteiger partial charge in [0, 0.05) is 12.8 Å². The average Bonchev–Trinajstić information content (AvgIpc) is 3.40. The third kappa shape index (κ3) is 62.4. The Bertz CT molecular complexity index is 1220. The molecule has 1 N–H and O–H groups in total. The van der Waals surface area contributed by atoms with Crippen molar-refractivity contribution < 1.29 is 24.2 Å². The van der Waals surface area contributed by atoms with E-state index in [-0.39, 0.29) is 25.2 Å². The van der Waals surface area contributed by atoms with Gasteiger partial charge in [0.15, 0.2) is 6.10 Å². The van der Waals surface area contributed by atoms with Gasteiger partial charge in [-0.15, -0.1) is 0 Å². The van der Waals surface area contributed by atoms with Gasteiger partial charge in [0.1, 0.15) is 6.61 Å². The molecule has 0 amide bonds. The number of aliphatic hydroxyl groups excluding tert-OH is 1. The number of carbonyl (C=O) groups is 2. The first-order chi connectivity index (χ1) is 36.6. The maximum atomic E-state index is 12.4. The van der Waals surface area contributed by atoms with E-state index in [1.54, 1.807) is 0 Å². The van der Waals surface area contributed by atoms with Crippen molar-refractivity contribution in [3.63, 3.8) is 0 Å². The van der Waals surface area contributed by atoms with Crippen molar-refractivity contribution in [1.29, 1.82) is 0 Å². The Kier molecular flexibility index (Phi) is 63.3. The molecule has 0 bridgehead atoms. The maximum absolute atomic E-state index is 12.4. The van der Waals surface area contributed by atoms with Crippen LogP contribution in [0.5, 0.6) is 0 Å². The highest BCUT2D eigenvalue weighted by atomic mass is 16.6. The van der Waals surface area contributed by atoms with Crippen LogP contribution in [0.2, 0.25) is 0 Å². The predicted molar refractivity (Wildman–Crippen MR) is 325 cm³/mol. The van der Waals surface area contributed by atoms with Crippen LogP contribution in [0.3, 0.4) is 0 Å². The number of rotatable bonds is 62. The quantitative estimate of drug-likeness (QED) is 0.0373. The number of hydrogen-bond acceptors (Lipinski definition) is 5. The number of unbranched alkanes of at least 4 members (excludes halogenated alkanes) is 46. The van der Waals surface area contributed by atoms with Crippen LogP contribution in [0.15, 0.2) is 48.6 Å². The van der Waals surface area contributed by atoms with E-state index in [0.29, 0.717) is 12.8 Å². The normalized spacial score (nSPS) is 12.4. The lowest BCUT2D eigenvalue weighted by Crippen LogP contribution is -2.28. The fraction of sp³-hybridized carbons (Fsp3) is 0.855. The van der Waals surface area contributed by atoms with E-state index in [2.05, 4.69) is 62.5 Å². The maximum Gasteiger partial charge on any atom is 0.306 e. The zero-order chi connectivity index (χ0) is 53.4. The highest BCUT2D eigenvalue weighted by molar-refractivity contribution is 5.70. The van der Waals surface area contributed by atoms with Gasteiger partial charge in [-0.1, -0.05) is 345 Å². The van der Waals surface area contributed by atoms with Crippen molar-refractivity contribution >= 4 is 11.9 Å². The molecular weight excluding hydrogens is 909 g/mol. The molecule has 0 aliphatic heterocycles. The zero-order valence-corrected chi connectivity index (χ0v) is 49.9. The highest BCUT2D eigenvalue weighted by Crippen LogP contribution is 2.19. The number of ether oxygens (including phenoxy) is 2. The summed E-state index contributed by atoms with van der Waals surface area (Å²) in [5.74, 6) is -0.566. The lowest BCUT2D eigenvalue weighted by Gasteiger charge is -2.15. The van der Waals surface area contributed by atoms with Crippen LogP contribution in [-0.2, 0) is 19.1 Å². The van der Waals surface area contributed by atoms with Crippen molar-refractivity contribution in [2.24, 2.45) is 0 Å². The topological polar surface area (TPSA) is 72.8 Å². The largest absolute Gasteiger partial charge is 0.462 e. The molecule has 0 saturated heterocycles. The van der Waals surface area contributed by atoms with E-state index in [1.165, 1.54) is 276 Å². The standard InChI is InChI=1S/C69H128O5/c1-3-5-7-9-11-13-15-17-19-21-23-25-27-29-30-31-32-33-34-35-36-37-38-40-42-44-46-48-50-52-54-56-58-60-62-64-69(72)74-67(65-70)66-73-68(71)63-61-59-57-55-53-51-49-47-45-43-41-39-28-26-24-22-20-18-16-14-12-10-8-6-4-2/h5,7,11,13,17,19,23,25,67,70H,3-4,6,8-10,12,14-16,18,20-22,24,26-66H2,1-2H3/b7-5-,13-11-,19-17-,25-23-. The molecule has 0 aliphatic carbocycles. The Balaban J connectivity index is 3.39. The molecule has 1 atom stereocenters. The summed E-state index contributed by atoms with van der Waals surface area (Å²) in [5.41, 5.74) is 0. The number of esters is 2. The van der Waals surface area contributed by atoms with Gasteiger partial charge in [0.25, 0.3) is 0 Å². The van der Waals surface area contributed by atoms with E-state index >= 15 is 0 Å². The van der Waals surface area contributed by atoms with Gasteiger partial charge in [-0.3, -0.25) is 9.59 Å². The highest BCUT2D eigenvalue weighted by Gasteiger charge is 2.16. The van der Waals surface area contributed by atoms with Gasteiger partial charge in [0.05, 0.1) is 6.61 Å². The third-order valence-corrected chi connectivity index (χ3v) is 15.1. The lowest BCUT2D eigenvalue weighted by atomic mass is 10.0. The van der Waals surface area contributed by atoms with Crippen LogP contribution in [0.4, 0.5) is 0 Å². The SMILES string of the molecule is CC/C=C\C/C=C\C/C=C\C/C=C\CCCCCCCCCCCCCCCCCCCCCCCCC(=O)OC(CO)COC(=O)CCCCCCCCCCCCCCCCCCCCCCCCCCC. The lowest BCUT2D eigenvalue weighted by molar-refractivity contribution is -0.161. The molecule has 0 fully saturated rings. The van der Waals surface area contributed by atoms with E-state index in [0.717, 1.165) is 57.8 Å². The average molecular weight is 1040 g/mol. The summed E-state index contributed by atoms with van der Waals surface area (Å²) in [6, 6.07) is 0. The molecule has 0 saturated carbocycles. The van der Waals surface area contributed by atoms with Gasteiger partial charge >= 0.3 is 11.9 Å². The van der Waals surface area contributed by atoms with Crippen molar-refractivity contribution in [2.75, 3.05) is 13.2 Å². The minimum Gasteiger partial charge on any atom is -0.462 e. The third-order valence-electron chi connectivity index (χ3n) is 15.1. The smallest absolute Gasteiger partial charge is 0.306 e. The van der Waals surface area contributed by atoms with Gasteiger partial charge in [-0.25, -0.2) is 0 Å². The summed E-state index contributed by atoms with van der Waals surface area (Å²) in [5, 5.41) is 9.69. The summed E-state index contributed by atoms with van der Waals surface area (Å²) in [6.07, 6.45) is 87.1. The number of allylic oxidation sites excluding steroid dienone is 8. The predicted octanol–water partition coefficient (Wildman–Crippen LogP) is 22.8. The fourth-order valence-corrected chi connectivity index (χ4v) is 10.2. The van der Waals surface area contributed by atoms with E-state index in [1.807, 2.05) is 0 Å². The molecule has 0 spiro atoms. The van der Waals surface area contributed by atoms with Gasteiger partial charge in [-0.2, -0.15) is 0 Å². The fourth-order valence-electron chi connectivity index (χ4n) is 10.2. The Hall–Kier alpha value is -2.14. The summed E-state index contributed by atoms with van der Waals surface area (Å²) in [6.45, 7) is 4.09. The molecule has 0 aromatic carbocycles. The molecule has 434 valence electrons. The summed E-state index contributed by atoms with van der Waals surface area (Å²) >= 11 is 0. The Labute approximate surface area is 462 Å². The first-order valence-electron chi connectivity index (χ1n) is 33.2. The van der Waals surface area contributed by atoms with Gasteiger partial charge < -0.3 is 14.6 Å². The van der Waals surface area contributed by atoms with Crippen LogP contribution in [-0.4, -0.2) is 36.4 Å². The monoisotopic (exact) mass is 1040 g/mol. The minimum absolute atomic E-state index is 0.0589. The second-order valence-electron chi connectivity index (χ2n) is 22.5. The van der Waals surface area contributed by atoms with Crippen molar-refractivity contribution in [2.45, 2.75) is 367 Å².